The van der Waals surface area contributed by atoms with Gasteiger partial charge in [-0.25, -0.2) is 4.79 Å². The zero-order chi connectivity index (χ0) is 24.2. The Morgan fingerprint density at radius 3 is 1.74 bits per heavy atom. The lowest BCUT2D eigenvalue weighted by Crippen LogP contribution is -2.27. The normalized spacial score (nSPS) is 12.0. The first-order valence-electron chi connectivity index (χ1n) is 8.39. The van der Waals surface area contributed by atoms with E-state index in [2.05, 4.69) is 37.2 Å². The highest BCUT2D eigenvalue weighted by atomic mass is 79.9. The average Bonchev–Trinajstić information content (AvgIpc) is 2.56. The summed E-state index contributed by atoms with van der Waals surface area (Å²) in [6.07, 6.45) is -9.60. The number of carbonyl (C=O) groups excluding carboxylic acids is 1. The number of halogens is 8. The van der Waals surface area contributed by atoms with Crippen LogP contribution in [0.2, 0.25) is 0 Å². The zero-order valence-electron chi connectivity index (χ0n) is 16.4. The van der Waals surface area contributed by atoms with Gasteiger partial charge in [0.1, 0.15) is 5.60 Å². The van der Waals surface area contributed by atoms with E-state index in [9.17, 15) is 31.1 Å². The zero-order valence-corrected chi connectivity index (χ0v) is 19.6. The van der Waals surface area contributed by atoms with Crippen molar-refractivity contribution in [3.63, 3.8) is 0 Å². The summed E-state index contributed by atoms with van der Waals surface area (Å²) in [5, 5.41) is 2.27. The summed E-state index contributed by atoms with van der Waals surface area (Å²) >= 11 is 6.07. The Kier molecular flexibility index (Phi) is 8.84. The second-order valence-corrected chi connectivity index (χ2v) is 8.76. The molecule has 0 aliphatic rings. The summed E-state index contributed by atoms with van der Waals surface area (Å²) in [5.74, 6) is 0. The Balaban J connectivity index is 0.000000343. The third-order valence-electron chi connectivity index (χ3n) is 3.25. The van der Waals surface area contributed by atoms with E-state index in [1.165, 1.54) is 12.1 Å². The molecule has 0 unspecified atom stereocenters. The summed E-state index contributed by atoms with van der Waals surface area (Å²) in [7, 11) is 0. The summed E-state index contributed by atoms with van der Waals surface area (Å²) < 4.78 is 79.5. The third-order valence-corrected chi connectivity index (χ3v) is 4.67. The van der Waals surface area contributed by atoms with Gasteiger partial charge in [0.15, 0.2) is 0 Å². The molecule has 172 valence electrons. The molecule has 2 aromatic rings. The number of rotatable bonds is 1. The minimum Gasteiger partial charge on any atom is -0.444 e. The van der Waals surface area contributed by atoms with Gasteiger partial charge in [-0.3, -0.25) is 5.32 Å². The van der Waals surface area contributed by atoms with Crippen LogP contribution < -0.4 is 11.1 Å². The number of benzene rings is 2. The van der Waals surface area contributed by atoms with Crippen LogP contribution in [0.1, 0.15) is 31.9 Å². The lowest BCUT2D eigenvalue weighted by Gasteiger charge is -2.20. The van der Waals surface area contributed by atoms with Gasteiger partial charge in [-0.2, -0.15) is 26.3 Å². The number of nitrogens with one attached hydrogen (secondary N) is 1. The van der Waals surface area contributed by atoms with Gasteiger partial charge >= 0.3 is 18.4 Å². The van der Waals surface area contributed by atoms with Crippen LogP contribution in [-0.2, 0) is 17.1 Å². The first-order chi connectivity index (χ1) is 13.9. The van der Waals surface area contributed by atoms with E-state index in [1.807, 2.05) is 0 Å². The van der Waals surface area contributed by atoms with Crippen molar-refractivity contribution in [2.24, 2.45) is 0 Å². The predicted molar refractivity (Wildman–Crippen MR) is 113 cm³/mol. The SMILES string of the molecule is CC(C)(C)OC(=O)Nc1cc(C(F)(F)F)ccc1Br.Nc1cc(C(F)(F)F)ccc1Br. The second kappa shape index (κ2) is 10.1. The molecule has 0 aliphatic carbocycles. The van der Waals surface area contributed by atoms with E-state index in [-0.39, 0.29) is 11.4 Å². The van der Waals surface area contributed by atoms with E-state index < -0.39 is 35.2 Å². The van der Waals surface area contributed by atoms with Crippen molar-refractivity contribution in [2.75, 3.05) is 11.1 Å². The molecular formula is C19H18Br2F6N2O2. The molecule has 0 aliphatic heterocycles. The first kappa shape index (κ1) is 27.1. The molecule has 0 aromatic heterocycles. The molecule has 0 saturated heterocycles. The van der Waals surface area contributed by atoms with Gasteiger partial charge in [-0.1, -0.05) is 0 Å². The molecule has 2 rings (SSSR count). The fraction of sp³-hybridized carbons (Fsp3) is 0.316. The Morgan fingerprint density at radius 2 is 1.32 bits per heavy atom. The number of amides is 1. The van der Waals surface area contributed by atoms with E-state index in [4.69, 9.17) is 10.5 Å². The number of hydrogen-bond donors (Lipinski definition) is 2. The van der Waals surface area contributed by atoms with Crippen LogP contribution in [0.15, 0.2) is 45.3 Å². The molecule has 0 spiro atoms. The van der Waals surface area contributed by atoms with Crippen molar-refractivity contribution >= 4 is 49.3 Å². The van der Waals surface area contributed by atoms with Crippen LogP contribution in [-0.4, -0.2) is 11.7 Å². The molecule has 0 bridgehead atoms. The van der Waals surface area contributed by atoms with Gasteiger partial charge in [0, 0.05) is 14.6 Å². The Morgan fingerprint density at radius 1 is 0.871 bits per heavy atom. The van der Waals surface area contributed by atoms with Crippen molar-refractivity contribution in [3.05, 3.63) is 56.5 Å². The van der Waals surface area contributed by atoms with Gasteiger partial charge in [0.2, 0.25) is 0 Å². The highest BCUT2D eigenvalue weighted by Crippen LogP contribution is 2.34. The molecular weight excluding hydrogens is 562 g/mol. The van der Waals surface area contributed by atoms with Crippen molar-refractivity contribution in [2.45, 2.75) is 38.7 Å². The van der Waals surface area contributed by atoms with E-state index in [1.54, 1.807) is 20.8 Å². The van der Waals surface area contributed by atoms with E-state index in [0.29, 0.717) is 8.95 Å². The third kappa shape index (κ3) is 9.38. The van der Waals surface area contributed by atoms with Crippen LogP contribution >= 0.6 is 31.9 Å². The molecule has 4 nitrogen and oxygen atoms in total. The lowest BCUT2D eigenvalue weighted by atomic mass is 10.2. The van der Waals surface area contributed by atoms with E-state index >= 15 is 0 Å². The summed E-state index contributed by atoms with van der Waals surface area (Å²) in [6.45, 7) is 4.98. The molecule has 0 radical (unpaired) electrons. The van der Waals surface area contributed by atoms with Gasteiger partial charge in [0.25, 0.3) is 0 Å². The Bertz CT molecular complexity index is 925. The molecule has 0 fully saturated rings. The Labute approximate surface area is 191 Å². The summed E-state index contributed by atoms with van der Waals surface area (Å²) in [5.41, 5.74) is 3.06. The van der Waals surface area contributed by atoms with Crippen LogP contribution in [0, 0.1) is 0 Å². The van der Waals surface area contributed by atoms with Gasteiger partial charge < -0.3 is 10.5 Å². The number of ether oxygens (including phenoxy) is 1. The van der Waals surface area contributed by atoms with Crippen molar-refractivity contribution in [1.82, 2.24) is 0 Å². The highest BCUT2D eigenvalue weighted by Gasteiger charge is 2.31. The van der Waals surface area contributed by atoms with Crippen molar-refractivity contribution in [3.8, 4) is 0 Å². The fourth-order valence-electron chi connectivity index (χ4n) is 1.93. The first-order valence-corrected chi connectivity index (χ1v) is 9.97. The van der Waals surface area contributed by atoms with Gasteiger partial charge in [-0.15, -0.1) is 0 Å². The maximum Gasteiger partial charge on any atom is 0.416 e. The van der Waals surface area contributed by atoms with Crippen LogP contribution in [0.3, 0.4) is 0 Å². The minimum absolute atomic E-state index is 0.00377. The number of nitrogen functional groups attached to an aromatic ring is 1. The van der Waals surface area contributed by atoms with Crippen LogP contribution in [0.25, 0.3) is 0 Å². The monoisotopic (exact) mass is 578 g/mol. The van der Waals surface area contributed by atoms with Gasteiger partial charge in [0.05, 0.1) is 16.8 Å². The number of hydrogen-bond acceptors (Lipinski definition) is 3. The van der Waals surface area contributed by atoms with Crippen molar-refractivity contribution < 1.29 is 35.9 Å². The second-order valence-electron chi connectivity index (χ2n) is 7.05. The fourth-order valence-corrected chi connectivity index (χ4v) is 2.52. The van der Waals surface area contributed by atoms with E-state index in [0.717, 1.165) is 24.3 Å². The standard InChI is InChI=1S/C12H13BrF3NO2.C7H5BrF3N/c1-11(2,3)19-10(18)17-9-6-7(12(14,15)16)4-5-8(9)13;8-5-2-1-4(3-6(5)12)7(9,10)11/h4-6H,1-3H3,(H,17,18);1-3H,12H2. The minimum atomic E-state index is -4.47. The number of anilines is 2. The quantitative estimate of drug-likeness (QED) is 0.267. The summed E-state index contributed by atoms with van der Waals surface area (Å²) in [6, 6.07) is 6.12. The number of nitrogens with two attached hydrogens (primary N) is 1. The largest absolute Gasteiger partial charge is 0.444 e. The Hall–Kier alpha value is -1.95. The summed E-state index contributed by atoms with van der Waals surface area (Å²) in [4.78, 5) is 11.5. The molecule has 0 heterocycles. The van der Waals surface area contributed by atoms with Gasteiger partial charge in [-0.05, 0) is 89.0 Å². The molecule has 1 amide bonds. The average molecular weight is 580 g/mol. The van der Waals surface area contributed by atoms with Crippen LogP contribution in [0.5, 0.6) is 0 Å². The lowest BCUT2D eigenvalue weighted by molar-refractivity contribution is -0.138. The molecule has 12 heteroatoms. The maximum atomic E-state index is 12.5. The molecule has 2 aromatic carbocycles. The molecule has 31 heavy (non-hydrogen) atoms. The highest BCUT2D eigenvalue weighted by molar-refractivity contribution is 9.11. The molecule has 3 N–H and O–H groups in total. The smallest absolute Gasteiger partial charge is 0.416 e. The molecule has 0 saturated carbocycles. The predicted octanol–water partition coefficient (Wildman–Crippen LogP) is 7.87. The topological polar surface area (TPSA) is 64.3 Å². The number of carbonyl (C=O) groups is 1. The van der Waals surface area contributed by atoms with Crippen molar-refractivity contribution in [1.29, 1.82) is 0 Å². The maximum absolute atomic E-state index is 12.5. The number of alkyl halides is 6. The van der Waals surface area contributed by atoms with Crippen LogP contribution in [0.4, 0.5) is 42.5 Å². The molecule has 0 atom stereocenters.